The van der Waals surface area contributed by atoms with Crippen molar-refractivity contribution in [3.63, 3.8) is 0 Å². The number of H-pyrrole nitrogens is 1. The van der Waals surface area contributed by atoms with Crippen LogP contribution in [0.15, 0.2) is 68.6 Å². The number of ether oxygens (including phenoxy) is 2. The molecule has 150 valence electrons. The van der Waals surface area contributed by atoms with Gasteiger partial charge in [-0.3, -0.25) is 4.79 Å². The molecule has 2 unspecified atom stereocenters. The van der Waals surface area contributed by atoms with Crippen molar-refractivity contribution in [2.45, 2.75) is 18.9 Å². The summed E-state index contributed by atoms with van der Waals surface area (Å²) in [7, 11) is 0. The number of hydrogen-bond donors (Lipinski definition) is 1. The standard InChI is InChI=1S/C23H17NO6/c1-2-28-23(27)20-17(14-11-12-7-3-5-9-15(12)24-21(14)25)18-19(30-20)13-8-4-6-10-16(13)29-22(18)26/h3-11,17,20H,2H2,1H3,(H,24,25). The number of aromatic nitrogens is 1. The largest absolute Gasteiger partial charge is 0.476 e. The number of nitrogens with one attached hydrogen (secondary N) is 1. The van der Waals surface area contributed by atoms with Gasteiger partial charge in [-0.1, -0.05) is 30.3 Å². The van der Waals surface area contributed by atoms with E-state index in [1.165, 1.54) is 0 Å². The van der Waals surface area contributed by atoms with Gasteiger partial charge in [-0.15, -0.1) is 0 Å². The Hall–Kier alpha value is -3.87. The highest BCUT2D eigenvalue weighted by Crippen LogP contribution is 2.44. The van der Waals surface area contributed by atoms with Crippen molar-refractivity contribution in [1.82, 2.24) is 4.98 Å². The van der Waals surface area contributed by atoms with E-state index in [1.54, 1.807) is 43.3 Å². The molecule has 2 aromatic heterocycles. The van der Waals surface area contributed by atoms with Gasteiger partial charge in [0.2, 0.25) is 6.10 Å². The van der Waals surface area contributed by atoms with Gasteiger partial charge in [0, 0.05) is 11.1 Å². The highest BCUT2D eigenvalue weighted by Gasteiger charge is 2.46. The zero-order chi connectivity index (χ0) is 20.8. The number of para-hydroxylation sites is 2. The Labute approximate surface area is 169 Å². The number of fused-ring (bicyclic) bond motifs is 4. The maximum Gasteiger partial charge on any atom is 0.348 e. The van der Waals surface area contributed by atoms with Gasteiger partial charge < -0.3 is 18.9 Å². The molecule has 1 N–H and O–H groups in total. The molecular weight excluding hydrogens is 386 g/mol. The molecule has 4 aromatic rings. The van der Waals surface area contributed by atoms with Crippen molar-refractivity contribution >= 4 is 27.8 Å². The van der Waals surface area contributed by atoms with Crippen molar-refractivity contribution in [2.75, 3.05) is 6.61 Å². The number of pyridine rings is 1. The number of rotatable bonds is 3. The Morgan fingerprint density at radius 3 is 2.70 bits per heavy atom. The average Bonchev–Trinajstić information content (AvgIpc) is 3.15. The molecule has 0 fully saturated rings. The summed E-state index contributed by atoms with van der Waals surface area (Å²) in [6.45, 7) is 1.83. The van der Waals surface area contributed by atoms with E-state index in [4.69, 9.17) is 13.9 Å². The second kappa shape index (κ2) is 6.88. The number of hydrogen-bond acceptors (Lipinski definition) is 6. The first kappa shape index (κ1) is 18.2. The average molecular weight is 403 g/mol. The number of benzene rings is 2. The molecule has 30 heavy (non-hydrogen) atoms. The smallest absolute Gasteiger partial charge is 0.348 e. The summed E-state index contributed by atoms with van der Waals surface area (Å²) >= 11 is 0. The van der Waals surface area contributed by atoms with Crippen LogP contribution in [0.2, 0.25) is 0 Å². The topological polar surface area (TPSA) is 98.6 Å². The van der Waals surface area contributed by atoms with Crippen molar-refractivity contribution in [1.29, 1.82) is 0 Å². The normalized spacial score (nSPS) is 17.6. The summed E-state index contributed by atoms with van der Waals surface area (Å²) in [5.41, 5.74) is 0.339. The monoisotopic (exact) mass is 403 g/mol. The number of esters is 1. The van der Waals surface area contributed by atoms with Crippen LogP contribution >= 0.6 is 0 Å². The molecule has 0 saturated carbocycles. The first-order valence-corrected chi connectivity index (χ1v) is 9.59. The first-order valence-electron chi connectivity index (χ1n) is 9.59. The lowest BCUT2D eigenvalue weighted by Gasteiger charge is -2.17. The number of carbonyl (C=O) groups is 1. The van der Waals surface area contributed by atoms with Gasteiger partial charge in [-0.2, -0.15) is 0 Å². The highest BCUT2D eigenvalue weighted by molar-refractivity contribution is 5.89. The molecule has 0 aliphatic carbocycles. The molecule has 0 saturated heterocycles. The van der Waals surface area contributed by atoms with Crippen molar-refractivity contribution in [2.24, 2.45) is 0 Å². The Morgan fingerprint density at radius 2 is 1.87 bits per heavy atom. The van der Waals surface area contributed by atoms with Crippen LogP contribution in [-0.2, 0) is 9.53 Å². The van der Waals surface area contributed by atoms with E-state index in [2.05, 4.69) is 4.98 Å². The Kier molecular flexibility index (Phi) is 4.17. The van der Waals surface area contributed by atoms with Gasteiger partial charge in [0.05, 0.1) is 23.5 Å². The molecule has 7 heteroatoms. The van der Waals surface area contributed by atoms with Crippen molar-refractivity contribution in [3.8, 4) is 5.75 Å². The molecule has 3 heterocycles. The first-order chi connectivity index (χ1) is 14.6. The second-order valence-electron chi connectivity index (χ2n) is 7.04. The quantitative estimate of drug-likeness (QED) is 0.417. The van der Waals surface area contributed by atoms with E-state index in [1.807, 2.05) is 18.2 Å². The fourth-order valence-electron chi connectivity index (χ4n) is 4.00. The molecule has 2 aromatic carbocycles. The van der Waals surface area contributed by atoms with Crippen LogP contribution in [0.3, 0.4) is 0 Å². The van der Waals surface area contributed by atoms with Gasteiger partial charge in [0.15, 0.2) is 0 Å². The SMILES string of the molecule is CCOC(=O)C1Oc2c(c(=O)oc3ccccc23)C1c1cc2ccccc2[nH]c1=O. The molecule has 0 amide bonds. The van der Waals surface area contributed by atoms with E-state index in [-0.39, 0.29) is 23.5 Å². The van der Waals surface area contributed by atoms with Crippen LogP contribution in [0.5, 0.6) is 5.75 Å². The van der Waals surface area contributed by atoms with E-state index < -0.39 is 29.2 Å². The van der Waals surface area contributed by atoms with E-state index >= 15 is 0 Å². The third kappa shape index (κ3) is 2.70. The van der Waals surface area contributed by atoms with Crippen LogP contribution in [0, 0.1) is 0 Å². The van der Waals surface area contributed by atoms with Crippen LogP contribution in [0.4, 0.5) is 0 Å². The van der Waals surface area contributed by atoms with Crippen LogP contribution in [0.25, 0.3) is 21.9 Å². The van der Waals surface area contributed by atoms with E-state index in [0.717, 1.165) is 5.39 Å². The molecule has 1 aliphatic rings. The molecular formula is C23H17NO6. The van der Waals surface area contributed by atoms with Gasteiger partial charge in [0.1, 0.15) is 11.3 Å². The summed E-state index contributed by atoms with van der Waals surface area (Å²) in [6.07, 6.45) is -1.17. The summed E-state index contributed by atoms with van der Waals surface area (Å²) in [4.78, 5) is 41.4. The molecule has 0 bridgehead atoms. The maximum absolute atomic E-state index is 12.9. The van der Waals surface area contributed by atoms with Crippen LogP contribution in [-0.4, -0.2) is 23.7 Å². The predicted octanol–water partition coefficient (Wildman–Crippen LogP) is 3.09. The van der Waals surface area contributed by atoms with Gasteiger partial charge in [0.25, 0.3) is 5.56 Å². The summed E-state index contributed by atoms with van der Waals surface area (Å²) in [5.74, 6) is -1.35. The fraction of sp³-hybridized carbons (Fsp3) is 0.174. The lowest BCUT2D eigenvalue weighted by atomic mass is 9.88. The predicted molar refractivity (Wildman–Crippen MR) is 110 cm³/mol. The molecule has 0 spiro atoms. The summed E-state index contributed by atoms with van der Waals surface area (Å²) < 4.78 is 16.6. The lowest BCUT2D eigenvalue weighted by Crippen LogP contribution is -2.35. The summed E-state index contributed by atoms with van der Waals surface area (Å²) in [5, 5.41) is 1.33. The molecule has 1 aliphatic heterocycles. The number of carbonyl (C=O) groups excluding carboxylic acids is 1. The Morgan fingerprint density at radius 1 is 1.10 bits per heavy atom. The van der Waals surface area contributed by atoms with Crippen LogP contribution in [0.1, 0.15) is 24.0 Å². The van der Waals surface area contributed by atoms with Crippen molar-refractivity contribution < 1.29 is 18.7 Å². The van der Waals surface area contributed by atoms with E-state index in [9.17, 15) is 14.4 Å². The molecule has 0 radical (unpaired) electrons. The lowest BCUT2D eigenvalue weighted by molar-refractivity contribution is -0.151. The third-order valence-electron chi connectivity index (χ3n) is 5.29. The Balaban J connectivity index is 1.80. The molecule has 2 atom stereocenters. The van der Waals surface area contributed by atoms with Gasteiger partial charge >= 0.3 is 11.6 Å². The fourth-order valence-corrected chi connectivity index (χ4v) is 4.00. The Bertz CT molecular complexity index is 1420. The minimum atomic E-state index is -1.17. The zero-order valence-corrected chi connectivity index (χ0v) is 16.0. The van der Waals surface area contributed by atoms with E-state index in [0.29, 0.717) is 16.5 Å². The van der Waals surface area contributed by atoms with Crippen LogP contribution < -0.4 is 15.9 Å². The molecule has 5 rings (SSSR count). The zero-order valence-electron chi connectivity index (χ0n) is 16.0. The summed E-state index contributed by atoms with van der Waals surface area (Å²) in [6, 6.07) is 15.9. The maximum atomic E-state index is 12.9. The minimum Gasteiger partial charge on any atom is -0.476 e. The van der Waals surface area contributed by atoms with Gasteiger partial charge in [-0.25, -0.2) is 9.59 Å². The second-order valence-corrected chi connectivity index (χ2v) is 7.04. The van der Waals surface area contributed by atoms with Gasteiger partial charge in [-0.05, 0) is 36.6 Å². The molecule has 7 nitrogen and oxygen atoms in total. The minimum absolute atomic E-state index is 0.144. The number of aromatic amines is 1. The van der Waals surface area contributed by atoms with Crippen molar-refractivity contribution in [3.05, 3.63) is 86.5 Å². The third-order valence-corrected chi connectivity index (χ3v) is 5.29. The highest BCUT2D eigenvalue weighted by atomic mass is 16.6.